The van der Waals surface area contributed by atoms with E-state index in [1.54, 1.807) is 27.9 Å². The first-order valence-electron chi connectivity index (χ1n) is 7.72. The predicted molar refractivity (Wildman–Crippen MR) is 99.9 cm³/mol. The van der Waals surface area contributed by atoms with Gasteiger partial charge in [-0.1, -0.05) is 7.43 Å². The third-order valence-electron chi connectivity index (χ3n) is 2.05. The fourth-order valence-corrected chi connectivity index (χ4v) is 2.96. The van der Waals surface area contributed by atoms with Crippen molar-refractivity contribution in [1.29, 1.82) is 0 Å². The molecule has 146 valence electrons. The molecule has 8 heteroatoms. The number of nitrogens with one attached hydrogen (secondary N) is 2. The molecular weight excluding hydrogens is 331 g/mol. The van der Waals surface area contributed by atoms with Crippen molar-refractivity contribution >= 4 is 20.7 Å². The Labute approximate surface area is 149 Å². The molecule has 0 spiro atoms. The van der Waals surface area contributed by atoms with Crippen LogP contribution in [0.15, 0.2) is 0 Å². The quantitative estimate of drug-likeness (QED) is 0.348. The molecule has 7 nitrogen and oxygen atoms in total. The van der Waals surface area contributed by atoms with Gasteiger partial charge in [0.25, 0.3) is 6.47 Å². The Morgan fingerprint density at radius 1 is 1.04 bits per heavy atom. The molecule has 2 atom stereocenters. The standard InChI is InChI=1S/C11H25N2O3P.C4H8O2.CH4/c1-8(2)12-17(7-15-6)13-10(5)11(14)16-9(3)4;1-4(2)6-3-5;/h8-10,12-13H,7H2,1-6H3;3-4H,1-2H3;1H4. The van der Waals surface area contributed by atoms with E-state index in [0.29, 0.717) is 18.9 Å². The fraction of sp³-hybridized carbons (Fsp3) is 0.875. The molecule has 0 heterocycles. The second-order valence-electron chi connectivity index (χ2n) is 5.75. The molecule has 24 heavy (non-hydrogen) atoms. The Kier molecular flexibility index (Phi) is 20.0. The molecule has 0 rings (SSSR count). The second kappa shape index (κ2) is 17.1. The summed E-state index contributed by atoms with van der Waals surface area (Å²) in [6, 6.07) is 0.0157. The van der Waals surface area contributed by atoms with Crippen molar-refractivity contribution in [3.05, 3.63) is 0 Å². The van der Waals surface area contributed by atoms with Crippen molar-refractivity contribution in [2.45, 2.75) is 80.2 Å². The molecule has 0 bridgehead atoms. The Bertz CT molecular complexity index is 315. The summed E-state index contributed by atoms with van der Waals surface area (Å²) >= 11 is 0. The van der Waals surface area contributed by atoms with Crippen LogP contribution in [-0.2, 0) is 23.8 Å². The number of esters is 1. The van der Waals surface area contributed by atoms with E-state index in [-0.39, 0.29) is 31.6 Å². The van der Waals surface area contributed by atoms with Gasteiger partial charge in [-0.3, -0.25) is 19.8 Å². The van der Waals surface area contributed by atoms with Crippen molar-refractivity contribution in [2.24, 2.45) is 0 Å². The lowest BCUT2D eigenvalue weighted by Crippen LogP contribution is -2.38. The highest BCUT2D eigenvalue weighted by atomic mass is 31.1. The van der Waals surface area contributed by atoms with Gasteiger partial charge >= 0.3 is 5.97 Å². The molecule has 0 saturated heterocycles. The summed E-state index contributed by atoms with van der Waals surface area (Å²) < 4.78 is 14.6. The lowest BCUT2D eigenvalue weighted by molar-refractivity contribution is -0.148. The number of rotatable bonds is 10. The van der Waals surface area contributed by atoms with Crippen LogP contribution >= 0.6 is 8.22 Å². The molecule has 0 radical (unpaired) electrons. The van der Waals surface area contributed by atoms with Crippen LogP contribution in [0, 0.1) is 0 Å². The molecule has 0 aliphatic carbocycles. The maximum absolute atomic E-state index is 11.6. The highest BCUT2D eigenvalue weighted by molar-refractivity contribution is 7.53. The average molecular weight is 368 g/mol. The molecule has 0 amide bonds. The van der Waals surface area contributed by atoms with Gasteiger partial charge in [-0.15, -0.1) is 0 Å². The van der Waals surface area contributed by atoms with Crippen LogP contribution in [0.1, 0.15) is 55.9 Å². The van der Waals surface area contributed by atoms with Gasteiger partial charge in [-0.25, -0.2) is 0 Å². The van der Waals surface area contributed by atoms with Gasteiger partial charge in [0.2, 0.25) is 0 Å². The van der Waals surface area contributed by atoms with Crippen LogP contribution in [0.3, 0.4) is 0 Å². The van der Waals surface area contributed by atoms with Gasteiger partial charge in [0.15, 0.2) is 0 Å². The molecule has 0 aliphatic heterocycles. The Balaban J connectivity index is -0.000000538. The zero-order valence-electron chi connectivity index (χ0n) is 15.6. The molecule has 0 aliphatic rings. The van der Waals surface area contributed by atoms with Gasteiger partial charge in [0.05, 0.1) is 26.8 Å². The van der Waals surface area contributed by atoms with Gasteiger partial charge in [-0.05, 0) is 48.5 Å². The molecule has 0 aromatic heterocycles. The molecule has 2 unspecified atom stereocenters. The summed E-state index contributed by atoms with van der Waals surface area (Å²) in [6.07, 6.45) is 0.508. The number of methoxy groups -OCH3 is 1. The predicted octanol–water partition coefficient (Wildman–Crippen LogP) is 3.03. The summed E-state index contributed by atoms with van der Waals surface area (Å²) in [5, 5.41) is 6.55. The van der Waals surface area contributed by atoms with E-state index in [1.807, 2.05) is 13.8 Å². The number of hydrogen-bond donors (Lipinski definition) is 2. The van der Waals surface area contributed by atoms with Crippen LogP contribution in [0.2, 0.25) is 0 Å². The van der Waals surface area contributed by atoms with E-state index >= 15 is 0 Å². The smallest absolute Gasteiger partial charge is 0.323 e. The van der Waals surface area contributed by atoms with Crippen LogP contribution in [0.5, 0.6) is 0 Å². The van der Waals surface area contributed by atoms with E-state index in [0.717, 1.165) is 0 Å². The number of hydrogen-bond acceptors (Lipinski definition) is 7. The van der Waals surface area contributed by atoms with Crippen molar-refractivity contribution in [2.75, 3.05) is 13.5 Å². The maximum Gasteiger partial charge on any atom is 0.323 e. The first-order chi connectivity index (χ1) is 10.6. The SMILES string of the molecule is C.CC(C)OC=O.COCP(NC(C)C)NC(C)C(=O)OC(C)C. The molecular formula is C16H37N2O5P. The fourth-order valence-electron chi connectivity index (χ4n) is 1.28. The summed E-state index contributed by atoms with van der Waals surface area (Å²) in [4.78, 5) is 21.0. The molecule has 0 aromatic carbocycles. The topological polar surface area (TPSA) is 85.9 Å². The summed E-state index contributed by atoms with van der Waals surface area (Å²) in [5.41, 5.74) is 0. The average Bonchev–Trinajstić information content (AvgIpc) is 2.37. The van der Waals surface area contributed by atoms with Gasteiger partial charge < -0.3 is 14.2 Å². The van der Waals surface area contributed by atoms with E-state index < -0.39 is 8.22 Å². The lowest BCUT2D eigenvalue weighted by Gasteiger charge is -2.25. The van der Waals surface area contributed by atoms with Gasteiger partial charge in [0.1, 0.15) is 6.04 Å². The number of carbonyl (C=O) groups excluding carboxylic acids is 2. The van der Waals surface area contributed by atoms with E-state index in [2.05, 4.69) is 28.8 Å². The highest BCUT2D eigenvalue weighted by Gasteiger charge is 2.20. The summed E-state index contributed by atoms with van der Waals surface area (Å²) in [5.74, 6) is -0.228. The first kappa shape index (κ1) is 28.1. The zero-order valence-corrected chi connectivity index (χ0v) is 16.5. The van der Waals surface area contributed by atoms with Crippen molar-refractivity contribution in [3.63, 3.8) is 0 Å². The summed E-state index contributed by atoms with van der Waals surface area (Å²) in [7, 11) is 0.929. The minimum Gasteiger partial charge on any atom is -0.465 e. The maximum atomic E-state index is 11.6. The summed E-state index contributed by atoms with van der Waals surface area (Å²) in [6.45, 7) is 13.7. The van der Waals surface area contributed by atoms with Crippen LogP contribution < -0.4 is 10.2 Å². The largest absolute Gasteiger partial charge is 0.465 e. The lowest BCUT2D eigenvalue weighted by atomic mass is 10.4. The molecule has 0 aromatic rings. The zero-order chi connectivity index (χ0) is 18.4. The van der Waals surface area contributed by atoms with Gasteiger partial charge in [-0.2, -0.15) is 0 Å². The van der Waals surface area contributed by atoms with E-state index in [4.69, 9.17) is 9.47 Å². The monoisotopic (exact) mass is 368 g/mol. The molecule has 0 saturated carbocycles. The van der Waals surface area contributed by atoms with Crippen molar-refractivity contribution in [1.82, 2.24) is 10.2 Å². The number of carbonyl (C=O) groups is 2. The van der Waals surface area contributed by atoms with Crippen molar-refractivity contribution in [3.8, 4) is 0 Å². The van der Waals surface area contributed by atoms with Crippen LogP contribution in [-0.4, -0.2) is 50.2 Å². The molecule has 0 fully saturated rings. The Morgan fingerprint density at radius 2 is 1.58 bits per heavy atom. The van der Waals surface area contributed by atoms with E-state index in [1.165, 1.54) is 0 Å². The normalized spacial score (nSPS) is 12.8. The van der Waals surface area contributed by atoms with Crippen LogP contribution in [0.25, 0.3) is 0 Å². The van der Waals surface area contributed by atoms with Crippen molar-refractivity contribution < 1.29 is 23.8 Å². The highest BCUT2D eigenvalue weighted by Crippen LogP contribution is 2.26. The minimum absolute atomic E-state index is 0. The second-order valence-corrected chi connectivity index (χ2v) is 7.38. The Morgan fingerprint density at radius 3 is 1.88 bits per heavy atom. The third-order valence-corrected chi connectivity index (χ3v) is 4.10. The van der Waals surface area contributed by atoms with Gasteiger partial charge in [0, 0.05) is 13.2 Å². The Hall–Kier alpha value is -0.750. The number of ether oxygens (including phenoxy) is 3. The third kappa shape index (κ3) is 19.3. The van der Waals surface area contributed by atoms with Crippen LogP contribution in [0.4, 0.5) is 0 Å². The first-order valence-corrected chi connectivity index (χ1v) is 9.25. The minimum atomic E-state index is -0.720. The van der Waals surface area contributed by atoms with E-state index in [9.17, 15) is 9.59 Å². The molecule has 2 N–H and O–H groups in total.